The summed E-state index contributed by atoms with van der Waals surface area (Å²) in [6, 6.07) is 0. The van der Waals surface area contributed by atoms with Crippen molar-refractivity contribution in [3.8, 4) is 0 Å². The second-order valence-corrected chi connectivity index (χ2v) is 1.97. The van der Waals surface area contributed by atoms with Gasteiger partial charge < -0.3 is 39.6 Å². The zero-order chi connectivity index (χ0) is 14.3. The van der Waals surface area contributed by atoms with E-state index in [1.165, 1.54) is 0 Å². The van der Waals surface area contributed by atoms with Crippen molar-refractivity contribution >= 4 is 23.9 Å². The average molecular weight is 282 g/mol. The van der Waals surface area contributed by atoms with E-state index in [4.69, 9.17) is 39.6 Å². The van der Waals surface area contributed by atoms with Crippen molar-refractivity contribution in [2.45, 2.75) is 27.7 Å². The summed E-state index contributed by atoms with van der Waals surface area (Å²) < 4.78 is 0. The van der Waals surface area contributed by atoms with Crippen LogP contribution in [0.4, 0.5) is 0 Å². The molecule has 0 aromatic heterocycles. The Morgan fingerprint density at radius 3 is 0.500 bits per heavy atom. The van der Waals surface area contributed by atoms with Crippen molar-refractivity contribution in [2.75, 3.05) is 0 Å². The molecule has 0 saturated heterocycles. The number of carbonyl (C=O) groups excluding carboxylic acids is 4. The monoisotopic (exact) mass is 282 g/mol. The van der Waals surface area contributed by atoms with Gasteiger partial charge in [0.05, 0.1) is 0 Å². The van der Waals surface area contributed by atoms with E-state index in [0.717, 1.165) is 27.7 Å². The van der Waals surface area contributed by atoms with E-state index < -0.39 is 23.9 Å². The molecule has 0 rings (SSSR count). The molecule has 0 amide bonds. The van der Waals surface area contributed by atoms with Crippen molar-refractivity contribution in [3.63, 3.8) is 0 Å². The van der Waals surface area contributed by atoms with Gasteiger partial charge in [-0.2, -0.15) is 0 Å². The van der Waals surface area contributed by atoms with Gasteiger partial charge in [-0.15, -0.1) is 0 Å². The summed E-state index contributed by atoms with van der Waals surface area (Å²) in [5.41, 5.74) is 0. The maximum absolute atomic E-state index is 8.89. The van der Waals surface area contributed by atoms with Crippen molar-refractivity contribution in [1.82, 2.24) is 0 Å². The van der Waals surface area contributed by atoms with E-state index in [1.54, 1.807) is 0 Å². The van der Waals surface area contributed by atoms with Crippen molar-refractivity contribution in [2.24, 2.45) is 0 Å². The molecule has 0 aromatic carbocycles. The first kappa shape index (κ1) is 36.1. The summed E-state index contributed by atoms with van der Waals surface area (Å²) in [5.74, 6) is -4.33. The topological polar surface area (TPSA) is 161 Å². The van der Waals surface area contributed by atoms with Gasteiger partial charge in [-0.1, -0.05) is 0 Å². The summed E-state index contributed by atoms with van der Waals surface area (Å²) >= 11 is 0. The number of carbonyl (C=O) groups is 4. The molecule has 18 heavy (non-hydrogen) atoms. The molecule has 0 fully saturated rings. The molecule has 8 nitrogen and oxygen atoms in total. The van der Waals surface area contributed by atoms with Crippen LogP contribution in [0.25, 0.3) is 0 Å². The molecule has 0 aliphatic heterocycles. The number of carboxylic acid groups (broad SMARTS) is 4. The van der Waals surface area contributed by atoms with E-state index in [-0.39, 0.29) is 59.1 Å². The van der Waals surface area contributed by atoms with Crippen LogP contribution < -0.4 is 79.5 Å². The van der Waals surface area contributed by atoms with E-state index >= 15 is 0 Å². The zero-order valence-electron chi connectivity index (χ0n) is 11.3. The normalized spacial score (nSPS) is 5.56. The fourth-order valence-corrected chi connectivity index (χ4v) is 0. The predicted octanol–water partition coefficient (Wildman–Crippen LogP) is -11.0. The first-order chi connectivity index (χ1) is 6.93. The second kappa shape index (κ2) is 30.2. The molecule has 0 N–H and O–H groups in total. The van der Waals surface area contributed by atoms with Gasteiger partial charge >= 0.3 is 59.1 Å². The minimum atomic E-state index is -1.08. The Kier molecular flexibility index (Phi) is 60.5. The van der Waals surface area contributed by atoms with E-state index in [0.29, 0.717) is 0 Å². The van der Waals surface area contributed by atoms with Gasteiger partial charge in [-0.05, 0) is 27.7 Å². The third-order valence-electron chi connectivity index (χ3n) is 0. The summed E-state index contributed by atoms with van der Waals surface area (Å²) in [5, 5.41) is 35.6. The predicted molar refractivity (Wildman–Crippen MR) is 42.7 cm³/mol. The van der Waals surface area contributed by atoms with Crippen LogP contribution in [0.15, 0.2) is 0 Å². The van der Waals surface area contributed by atoms with Gasteiger partial charge in [0.1, 0.15) is 0 Å². The van der Waals surface area contributed by atoms with E-state index in [1.807, 2.05) is 0 Å². The molecule has 0 aliphatic rings. The minimum absolute atomic E-state index is 0. The first-order valence-corrected chi connectivity index (χ1v) is 3.63. The van der Waals surface area contributed by atoms with Crippen LogP contribution in [0.1, 0.15) is 27.7 Å². The fraction of sp³-hybridized carbons (Fsp3) is 0.500. The van der Waals surface area contributed by atoms with Gasteiger partial charge in [-0.25, -0.2) is 0 Å². The second-order valence-electron chi connectivity index (χ2n) is 1.97. The molecule has 96 valence electrons. The van der Waals surface area contributed by atoms with Gasteiger partial charge in [0.25, 0.3) is 0 Å². The summed E-state index contributed by atoms with van der Waals surface area (Å²) in [4.78, 5) is 35.6. The van der Waals surface area contributed by atoms with Crippen LogP contribution in [0.3, 0.4) is 0 Å². The average Bonchev–Trinajstić information content (AvgIpc) is 1.76. The first-order valence-electron chi connectivity index (χ1n) is 3.63. The summed E-state index contributed by atoms with van der Waals surface area (Å²) in [6.45, 7) is 3.89. The van der Waals surface area contributed by atoms with Gasteiger partial charge in [0, 0.05) is 23.9 Å². The smallest absolute Gasteiger partial charge is 0.550 e. The fourth-order valence-electron chi connectivity index (χ4n) is 0. The molecule has 10 heteroatoms. The molecule has 0 unspecified atom stereocenters. The van der Waals surface area contributed by atoms with Crippen molar-refractivity contribution in [1.29, 1.82) is 0 Å². The Morgan fingerprint density at radius 2 is 0.500 bits per heavy atom. The maximum Gasteiger partial charge on any atom is 1.00 e. The molecular weight excluding hydrogens is 270 g/mol. The molecule has 0 atom stereocenters. The Balaban J connectivity index is -0.0000000257. The van der Waals surface area contributed by atoms with Gasteiger partial charge in [-0.3, -0.25) is 0 Å². The third-order valence-corrected chi connectivity index (χ3v) is 0. The van der Waals surface area contributed by atoms with Crippen LogP contribution in [0, 0.1) is 0 Å². The molecule has 0 aromatic rings. The van der Waals surface area contributed by atoms with E-state index in [2.05, 4.69) is 0 Å². The molecule has 0 radical (unpaired) electrons. The van der Waals surface area contributed by atoms with Crippen molar-refractivity contribution in [3.05, 3.63) is 0 Å². The zero-order valence-corrected chi connectivity index (χ0v) is 15.3. The van der Waals surface area contributed by atoms with Crippen molar-refractivity contribution < 1.29 is 98.7 Å². The van der Waals surface area contributed by atoms with E-state index in [9.17, 15) is 0 Å². The van der Waals surface area contributed by atoms with Crippen LogP contribution in [0.5, 0.6) is 0 Å². The SMILES string of the molecule is CC(=O)[O-].CC(=O)[O-].CC(=O)[O-].CC(=O)[O-].[Na+].[Na+]. The molecule has 0 heterocycles. The third kappa shape index (κ3) is 244000. The van der Waals surface area contributed by atoms with Crippen LogP contribution in [-0.2, 0) is 19.2 Å². The number of hydrogen-bond donors (Lipinski definition) is 0. The standard InChI is InChI=1S/4C2H4O2.2Na/c4*1-2(3)4;;/h4*1H3,(H,3,4);;/q;;;;2*+1/p-4. The number of aliphatic carboxylic acids is 4. The maximum atomic E-state index is 8.89. The summed E-state index contributed by atoms with van der Waals surface area (Å²) in [7, 11) is 0. The largest absolute Gasteiger partial charge is 1.00 e. The Bertz CT molecular complexity index is 165. The quantitative estimate of drug-likeness (QED) is 0.395. The van der Waals surface area contributed by atoms with Crippen LogP contribution in [-0.4, -0.2) is 23.9 Å². The molecular formula is C8H12Na2O8-2. The minimum Gasteiger partial charge on any atom is -0.550 e. The molecule has 0 aliphatic carbocycles. The molecule has 0 spiro atoms. The van der Waals surface area contributed by atoms with Crippen LogP contribution >= 0.6 is 0 Å². The Labute approximate surface area is 149 Å². The number of hydrogen-bond acceptors (Lipinski definition) is 8. The van der Waals surface area contributed by atoms with Crippen LogP contribution in [0.2, 0.25) is 0 Å². The Morgan fingerprint density at radius 1 is 0.500 bits per heavy atom. The van der Waals surface area contributed by atoms with Gasteiger partial charge in [0.2, 0.25) is 0 Å². The number of rotatable bonds is 0. The molecule has 0 saturated carbocycles. The Hall–Kier alpha value is -0.120. The number of carboxylic acids is 4. The molecule has 0 bridgehead atoms. The van der Waals surface area contributed by atoms with Gasteiger partial charge in [0.15, 0.2) is 0 Å². The summed E-state index contributed by atoms with van der Waals surface area (Å²) in [6.07, 6.45) is 0.